The number of hydrogen-bond donors (Lipinski definition) is 1. The van der Waals surface area contributed by atoms with Crippen LogP contribution in [-0.4, -0.2) is 38.5 Å². The van der Waals surface area contributed by atoms with Crippen molar-refractivity contribution >= 4 is 17.3 Å². The highest BCUT2D eigenvalue weighted by Gasteiger charge is 2.20. The van der Waals surface area contributed by atoms with Crippen molar-refractivity contribution in [2.24, 2.45) is 5.92 Å². The average molecular weight is 261 g/mol. The molecule has 19 heavy (non-hydrogen) atoms. The fraction of sp³-hybridized carbons (Fsp3) is 0.533. The largest absolute Gasteiger partial charge is 0.397 e. The van der Waals surface area contributed by atoms with Gasteiger partial charge in [-0.3, -0.25) is 4.79 Å². The van der Waals surface area contributed by atoms with E-state index in [4.69, 9.17) is 5.73 Å². The smallest absolute Gasteiger partial charge is 0.253 e. The summed E-state index contributed by atoms with van der Waals surface area (Å²) in [5.41, 5.74) is 8.42. The van der Waals surface area contributed by atoms with Gasteiger partial charge in [0.25, 0.3) is 5.91 Å². The summed E-state index contributed by atoms with van der Waals surface area (Å²) in [6.07, 6.45) is 3.99. The minimum atomic E-state index is -0.0140. The SMILES string of the molecule is CN(C)C(=O)c1ccc(N(C)CC2CCC2)c(N)c1. The molecule has 0 heterocycles. The Morgan fingerprint density at radius 2 is 2.00 bits per heavy atom. The molecule has 1 fully saturated rings. The normalized spacial score (nSPS) is 14.9. The Morgan fingerprint density at radius 1 is 1.32 bits per heavy atom. The summed E-state index contributed by atoms with van der Waals surface area (Å²) in [6, 6.07) is 5.57. The third kappa shape index (κ3) is 3.00. The molecule has 0 aliphatic heterocycles. The Morgan fingerprint density at radius 3 is 2.47 bits per heavy atom. The van der Waals surface area contributed by atoms with E-state index < -0.39 is 0 Å². The minimum absolute atomic E-state index is 0.0140. The highest BCUT2D eigenvalue weighted by Crippen LogP contribution is 2.30. The number of carbonyl (C=O) groups excluding carboxylic acids is 1. The summed E-state index contributed by atoms with van der Waals surface area (Å²) in [5.74, 6) is 0.785. The molecular weight excluding hydrogens is 238 g/mol. The zero-order valence-corrected chi connectivity index (χ0v) is 12.0. The van der Waals surface area contributed by atoms with Gasteiger partial charge in [0.15, 0.2) is 0 Å². The van der Waals surface area contributed by atoms with E-state index in [1.807, 2.05) is 12.1 Å². The van der Waals surface area contributed by atoms with Gasteiger partial charge >= 0.3 is 0 Å². The van der Waals surface area contributed by atoms with Gasteiger partial charge in [0, 0.05) is 33.3 Å². The van der Waals surface area contributed by atoms with Gasteiger partial charge in [0.2, 0.25) is 0 Å². The van der Waals surface area contributed by atoms with Crippen molar-refractivity contribution in [3.63, 3.8) is 0 Å². The number of hydrogen-bond acceptors (Lipinski definition) is 3. The summed E-state index contributed by atoms with van der Waals surface area (Å²) in [6.45, 7) is 1.05. The molecule has 4 nitrogen and oxygen atoms in total. The number of nitrogen functional groups attached to an aromatic ring is 1. The zero-order chi connectivity index (χ0) is 14.0. The lowest BCUT2D eigenvalue weighted by molar-refractivity contribution is 0.0827. The van der Waals surface area contributed by atoms with Gasteiger partial charge in [-0.2, -0.15) is 0 Å². The lowest BCUT2D eigenvalue weighted by Gasteiger charge is -2.32. The van der Waals surface area contributed by atoms with Gasteiger partial charge in [-0.05, 0) is 37.0 Å². The molecule has 1 aliphatic rings. The van der Waals surface area contributed by atoms with Crippen LogP contribution in [0.5, 0.6) is 0 Å². The van der Waals surface area contributed by atoms with Crippen LogP contribution in [0.3, 0.4) is 0 Å². The minimum Gasteiger partial charge on any atom is -0.397 e. The molecule has 1 amide bonds. The Balaban J connectivity index is 2.11. The number of rotatable bonds is 4. The first kappa shape index (κ1) is 13.7. The number of nitrogens with two attached hydrogens (primary N) is 1. The maximum absolute atomic E-state index is 11.9. The van der Waals surface area contributed by atoms with Crippen molar-refractivity contribution in [1.29, 1.82) is 0 Å². The van der Waals surface area contributed by atoms with Gasteiger partial charge in [0.1, 0.15) is 0 Å². The second-order valence-corrected chi connectivity index (χ2v) is 5.65. The van der Waals surface area contributed by atoms with Crippen molar-refractivity contribution in [3.05, 3.63) is 23.8 Å². The van der Waals surface area contributed by atoms with Crippen LogP contribution >= 0.6 is 0 Å². The maximum Gasteiger partial charge on any atom is 0.253 e. The molecule has 0 aromatic heterocycles. The Bertz CT molecular complexity index is 466. The van der Waals surface area contributed by atoms with Crippen molar-refractivity contribution in [2.45, 2.75) is 19.3 Å². The summed E-state index contributed by atoms with van der Waals surface area (Å²) >= 11 is 0. The molecule has 0 saturated heterocycles. The van der Waals surface area contributed by atoms with Gasteiger partial charge in [0.05, 0.1) is 11.4 Å². The van der Waals surface area contributed by atoms with Crippen molar-refractivity contribution in [2.75, 3.05) is 38.3 Å². The van der Waals surface area contributed by atoms with E-state index in [9.17, 15) is 4.79 Å². The van der Waals surface area contributed by atoms with E-state index in [2.05, 4.69) is 11.9 Å². The molecule has 0 unspecified atom stereocenters. The van der Waals surface area contributed by atoms with E-state index in [0.29, 0.717) is 11.3 Å². The third-order valence-electron chi connectivity index (χ3n) is 3.85. The Kier molecular flexibility index (Phi) is 3.98. The molecule has 0 spiro atoms. The molecule has 104 valence electrons. The predicted molar refractivity (Wildman–Crippen MR) is 79.5 cm³/mol. The molecule has 1 aliphatic carbocycles. The van der Waals surface area contributed by atoms with Crippen LogP contribution in [0.1, 0.15) is 29.6 Å². The summed E-state index contributed by atoms with van der Waals surface area (Å²) in [4.78, 5) is 15.6. The fourth-order valence-corrected chi connectivity index (χ4v) is 2.45. The van der Waals surface area contributed by atoms with Crippen LogP contribution in [0.2, 0.25) is 0 Å². The lowest BCUT2D eigenvalue weighted by atomic mass is 9.85. The topological polar surface area (TPSA) is 49.6 Å². The molecule has 0 bridgehead atoms. The standard InChI is InChI=1S/C15H23N3O/c1-17(2)15(19)12-7-8-14(13(16)9-12)18(3)10-11-5-4-6-11/h7-9,11H,4-6,10,16H2,1-3H3. The molecule has 2 rings (SSSR count). The second-order valence-electron chi connectivity index (χ2n) is 5.65. The molecule has 1 aromatic carbocycles. The van der Waals surface area contributed by atoms with Gasteiger partial charge < -0.3 is 15.5 Å². The van der Waals surface area contributed by atoms with E-state index in [1.165, 1.54) is 19.3 Å². The van der Waals surface area contributed by atoms with Gasteiger partial charge in [-0.15, -0.1) is 0 Å². The first-order valence-corrected chi connectivity index (χ1v) is 6.81. The van der Waals surface area contributed by atoms with E-state index in [1.54, 1.807) is 25.1 Å². The number of carbonyl (C=O) groups is 1. The predicted octanol–water partition coefficient (Wildman–Crippen LogP) is 2.21. The van der Waals surface area contributed by atoms with Crippen molar-refractivity contribution in [3.8, 4) is 0 Å². The van der Waals surface area contributed by atoms with Crippen LogP contribution in [0.15, 0.2) is 18.2 Å². The quantitative estimate of drug-likeness (QED) is 0.845. The highest BCUT2D eigenvalue weighted by molar-refractivity contribution is 5.95. The van der Waals surface area contributed by atoms with Gasteiger partial charge in [-0.25, -0.2) is 0 Å². The van der Waals surface area contributed by atoms with Crippen molar-refractivity contribution in [1.82, 2.24) is 4.90 Å². The van der Waals surface area contributed by atoms with E-state index in [0.717, 1.165) is 18.2 Å². The Hall–Kier alpha value is -1.71. The van der Waals surface area contributed by atoms with Crippen LogP contribution in [0.25, 0.3) is 0 Å². The summed E-state index contributed by atoms with van der Waals surface area (Å²) in [7, 11) is 5.56. The Labute approximate surface area is 115 Å². The van der Waals surface area contributed by atoms with Crippen LogP contribution < -0.4 is 10.6 Å². The first-order valence-electron chi connectivity index (χ1n) is 6.81. The van der Waals surface area contributed by atoms with Crippen molar-refractivity contribution < 1.29 is 4.79 Å². The number of benzene rings is 1. The summed E-state index contributed by atoms with van der Waals surface area (Å²) < 4.78 is 0. The number of nitrogens with zero attached hydrogens (tertiary/aromatic N) is 2. The summed E-state index contributed by atoms with van der Waals surface area (Å²) in [5, 5.41) is 0. The van der Waals surface area contributed by atoms with E-state index >= 15 is 0 Å². The average Bonchev–Trinajstić information content (AvgIpc) is 2.32. The number of anilines is 2. The third-order valence-corrected chi connectivity index (χ3v) is 3.85. The number of amides is 1. The fourth-order valence-electron chi connectivity index (χ4n) is 2.45. The molecule has 0 radical (unpaired) electrons. The molecule has 0 atom stereocenters. The lowest BCUT2D eigenvalue weighted by Crippen LogP contribution is -2.30. The van der Waals surface area contributed by atoms with E-state index in [-0.39, 0.29) is 5.91 Å². The van der Waals surface area contributed by atoms with Crippen LogP contribution in [-0.2, 0) is 0 Å². The second kappa shape index (κ2) is 5.51. The monoisotopic (exact) mass is 261 g/mol. The molecule has 1 aromatic rings. The highest BCUT2D eigenvalue weighted by atomic mass is 16.2. The molecule has 1 saturated carbocycles. The molecular formula is C15H23N3O. The van der Waals surface area contributed by atoms with Crippen LogP contribution in [0, 0.1) is 5.92 Å². The zero-order valence-electron chi connectivity index (χ0n) is 12.0. The first-order chi connectivity index (χ1) is 8.99. The molecule has 2 N–H and O–H groups in total. The maximum atomic E-state index is 11.9. The molecule has 4 heteroatoms. The van der Waals surface area contributed by atoms with Gasteiger partial charge in [-0.1, -0.05) is 6.42 Å². The van der Waals surface area contributed by atoms with Crippen LogP contribution in [0.4, 0.5) is 11.4 Å².